The molecule has 1 aliphatic rings. The van der Waals surface area contributed by atoms with Crippen molar-refractivity contribution >= 4 is 5.78 Å². The van der Waals surface area contributed by atoms with Gasteiger partial charge in [-0.25, -0.2) is 0 Å². The molecule has 0 saturated heterocycles. The Labute approximate surface area is 117 Å². The zero-order valence-corrected chi connectivity index (χ0v) is 11.3. The van der Waals surface area contributed by atoms with Gasteiger partial charge in [-0.2, -0.15) is 0 Å². The third-order valence-corrected chi connectivity index (χ3v) is 3.88. The molecule has 1 saturated carbocycles. The van der Waals surface area contributed by atoms with E-state index in [-0.39, 0.29) is 5.78 Å². The molecule has 0 radical (unpaired) electrons. The minimum Gasteiger partial charge on any atom is -0.329 e. The third-order valence-electron chi connectivity index (χ3n) is 3.88. The number of ketones is 1. The van der Waals surface area contributed by atoms with Gasteiger partial charge >= 0.3 is 0 Å². The first-order valence-corrected chi connectivity index (χ1v) is 7.03. The van der Waals surface area contributed by atoms with Gasteiger partial charge in [0, 0.05) is 12.1 Å². The lowest BCUT2D eigenvalue weighted by atomic mass is 9.77. The van der Waals surface area contributed by atoms with Crippen LogP contribution in [0, 0.1) is 0 Å². The van der Waals surface area contributed by atoms with E-state index in [1.807, 2.05) is 18.2 Å². The Morgan fingerprint density at radius 3 is 2.85 bits per heavy atom. The van der Waals surface area contributed by atoms with E-state index in [9.17, 15) is 4.79 Å². The fourth-order valence-electron chi connectivity index (χ4n) is 2.56. The van der Waals surface area contributed by atoms with Crippen molar-refractivity contribution in [2.24, 2.45) is 5.73 Å². The molecule has 20 heavy (non-hydrogen) atoms. The van der Waals surface area contributed by atoms with Crippen LogP contribution >= 0.6 is 0 Å². The molecule has 5 nitrogen and oxygen atoms in total. The topological polar surface area (TPSA) is 73.8 Å². The van der Waals surface area contributed by atoms with Crippen LogP contribution in [0.5, 0.6) is 0 Å². The monoisotopic (exact) mass is 270 g/mol. The second kappa shape index (κ2) is 5.54. The van der Waals surface area contributed by atoms with Gasteiger partial charge < -0.3 is 5.73 Å². The van der Waals surface area contributed by atoms with E-state index in [1.54, 1.807) is 10.9 Å². The number of carbonyl (C=O) groups excluding carboxylic acids is 1. The second-order valence-corrected chi connectivity index (χ2v) is 5.20. The Morgan fingerprint density at radius 2 is 2.15 bits per heavy atom. The van der Waals surface area contributed by atoms with Gasteiger partial charge in [0.15, 0.2) is 5.69 Å². The highest BCUT2D eigenvalue weighted by atomic mass is 16.1. The lowest BCUT2D eigenvalue weighted by molar-refractivity contribution is 0.103. The average Bonchev–Trinajstić information content (AvgIpc) is 2.86. The highest BCUT2D eigenvalue weighted by Crippen LogP contribution is 2.38. The Kier molecular flexibility index (Phi) is 3.60. The first-order chi connectivity index (χ1) is 9.79. The molecule has 5 heteroatoms. The number of carbonyl (C=O) groups is 1. The molecule has 0 spiro atoms. The maximum atomic E-state index is 12.6. The molecule has 3 rings (SSSR count). The predicted octanol–water partition coefficient (Wildman–Crippen LogP) is 1.74. The van der Waals surface area contributed by atoms with Gasteiger partial charge in [-0.1, -0.05) is 35.9 Å². The smallest absolute Gasteiger partial charge is 0.215 e. The summed E-state index contributed by atoms with van der Waals surface area (Å²) >= 11 is 0. The molecule has 1 heterocycles. The number of hydrogen-bond acceptors (Lipinski definition) is 4. The molecule has 0 unspecified atom stereocenters. The summed E-state index contributed by atoms with van der Waals surface area (Å²) < 4.78 is 1.61. The van der Waals surface area contributed by atoms with Crippen molar-refractivity contribution in [1.29, 1.82) is 0 Å². The summed E-state index contributed by atoms with van der Waals surface area (Å²) in [6.07, 6.45) is 5.26. The average molecular weight is 270 g/mol. The van der Waals surface area contributed by atoms with Gasteiger partial charge in [0.2, 0.25) is 5.78 Å². The van der Waals surface area contributed by atoms with Crippen LogP contribution in [0.2, 0.25) is 0 Å². The molecule has 2 aromatic rings. The second-order valence-electron chi connectivity index (χ2n) is 5.20. The number of hydrogen-bond donors (Lipinski definition) is 1. The van der Waals surface area contributed by atoms with Gasteiger partial charge in [0.05, 0.1) is 12.7 Å². The summed E-state index contributed by atoms with van der Waals surface area (Å²) in [5, 5.41) is 7.89. The van der Waals surface area contributed by atoms with Gasteiger partial charge in [-0.3, -0.25) is 9.48 Å². The normalized spacial score (nSPS) is 15.1. The zero-order chi connectivity index (χ0) is 13.9. The molecular formula is C15H18N4O. The van der Waals surface area contributed by atoms with Crippen molar-refractivity contribution < 1.29 is 4.79 Å². The number of nitrogens with two attached hydrogens (primary N) is 1. The SMILES string of the molecule is NCCn1cc(C(=O)c2ccccc2C2CCC2)nn1. The molecule has 0 aliphatic heterocycles. The van der Waals surface area contributed by atoms with Crippen molar-refractivity contribution in [2.45, 2.75) is 31.7 Å². The molecule has 2 N–H and O–H groups in total. The number of nitrogens with zero attached hydrogens (tertiary/aromatic N) is 3. The Morgan fingerprint density at radius 1 is 1.35 bits per heavy atom. The molecule has 0 amide bonds. The number of aromatic nitrogens is 3. The molecule has 1 aromatic carbocycles. The summed E-state index contributed by atoms with van der Waals surface area (Å²) in [5.74, 6) is 0.477. The molecule has 0 bridgehead atoms. The fourth-order valence-corrected chi connectivity index (χ4v) is 2.56. The molecule has 1 aromatic heterocycles. The fraction of sp³-hybridized carbons (Fsp3) is 0.400. The minimum absolute atomic E-state index is 0.0456. The van der Waals surface area contributed by atoms with Crippen molar-refractivity contribution in [2.75, 3.05) is 6.54 Å². The summed E-state index contributed by atoms with van der Waals surface area (Å²) in [7, 11) is 0. The molecular weight excluding hydrogens is 252 g/mol. The lowest BCUT2D eigenvalue weighted by Crippen LogP contribution is -2.14. The van der Waals surface area contributed by atoms with Crippen LogP contribution < -0.4 is 5.73 Å². The zero-order valence-electron chi connectivity index (χ0n) is 11.3. The van der Waals surface area contributed by atoms with E-state index in [2.05, 4.69) is 16.4 Å². The van der Waals surface area contributed by atoms with Crippen LogP contribution in [0.1, 0.15) is 46.8 Å². The van der Waals surface area contributed by atoms with Crippen LogP contribution in [0.25, 0.3) is 0 Å². The molecule has 0 atom stereocenters. The van der Waals surface area contributed by atoms with Crippen molar-refractivity contribution in [3.63, 3.8) is 0 Å². The number of benzene rings is 1. The van der Waals surface area contributed by atoms with E-state index >= 15 is 0 Å². The minimum atomic E-state index is -0.0456. The van der Waals surface area contributed by atoms with Crippen LogP contribution in [0.3, 0.4) is 0 Å². The third kappa shape index (κ3) is 2.36. The van der Waals surface area contributed by atoms with E-state index in [1.165, 1.54) is 19.3 Å². The van der Waals surface area contributed by atoms with Gasteiger partial charge in [-0.05, 0) is 24.3 Å². The Balaban J connectivity index is 1.89. The summed E-state index contributed by atoms with van der Waals surface area (Å²) in [6.45, 7) is 1.06. The van der Waals surface area contributed by atoms with E-state index < -0.39 is 0 Å². The van der Waals surface area contributed by atoms with E-state index in [4.69, 9.17) is 5.73 Å². The summed E-state index contributed by atoms with van der Waals surface area (Å²) in [5.41, 5.74) is 7.78. The maximum absolute atomic E-state index is 12.6. The number of rotatable bonds is 5. The van der Waals surface area contributed by atoms with Crippen molar-refractivity contribution in [1.82, 2.24) is 15.0 Å². The largest absolute Gasteiger partial charge is 0.329 e. The Hall–Kier alpha value is -2.01. The van der Waals surface area contributed by atoms with Gasteiger partial charge in [-0.15, -0.1) is 5.10 Å². The van der Waals surface area contributed by atoms with E-state index in [0.717, 1.165) is 11.1 Å². The van der Waals surface area contributed by atoms with Crippen LogP contribution in [-0.2, 0) is 6.54 Å². The quantitative estimate of drug-likeness (QED) is 0.840. The first-order valence-electron chi connectivity index (χ1n) is 7.03. The van der Waals surface area contributed by atoms with E-state index in [0.29, 0.717) is 24.7 Å². The van der Waals surface area contributed by atoms with Crippen LogP contribution in [0.15, 0.2) is 30.5 Å². The van der Waals surface area contributed by atoms with Crippen molar-refractivity contribution in [3.8, 4) is 0 Å². The Bertz CT molecular complexity index is 616. The summed E-state index contributed by atoms with van der Waals surface area (Å²) in [6, 6.07) is 7.84. The van der Waals surface area contributed by atoms with Crippen molar-refractivity contribution in [3.05, 3.63) is 47.3 Å². The molecule has 1 aliphatic carbocycles. The highest BCUT2D eigenvalue weighted by Gasteiger charge is 2.25. The lowest BCUT2D eigenvalue weighted by Gasteiger charge is -2.27. The van der Waals surface area contributed by atoms with Crippen LogP contribution in [-0.4, -0.2) is 27.3 Å². The maximum Gasteiger partial charge on any atom is 0.215 e. The van der Waals surface area contributed by atoms with Gasteiger partial charge in [0.25, 0.3) is 0 Å². The van der Waals surface area contributed by atoms with Gasteiger partial charge in [0.1, 0.15) is 0 Å². The predicted molar refractivity (Wildman–Crippen MR) is 75.5 cm³/mol. The van der Waals surface area contributed by atoms with Crippen LogP contribution in [0.4, 0.5) is 0 Å². The highest BCUT2D eigenvalue weighted by molar-refractivity contribution is 6.08. The summed E-state index contributed by atoms with van der Waals surface area (Å²) in [4.78, 5) is 12.6. The molecule has 1 fully saturated rings. The standard InChI is InChI=1S/C15H18N4O/c16-8-9-19-10-14(17-18-19)15(20)13-7-2-1-6-12(13)11-4-3-5-11/h1-2,6-7,10-11H,3-5,8-9,16H2. The molecule has 104 valence electrons. The first kappa shape index (κ1) is 13.0.